The van der Waals surface area contributed by atoms with Crippen LogP contribution < -0.4 is 5.32 Å². The van der Waals surface area contributed by atoms with E-state index in [0.717, 1.165) is 6.29 Å². The van der Waals surface area contributed by atoms with Crippen LogP contribution >= 0.6 is 0 Å². The molecule has 0 heterocycles. The minimum absolute atomic E-state index is 0.176. The normalized spacial score (nSPS) is 13.5. The highest BCUT2D eigenvalue weighted by Gasteiger charge is 2.33. The second-order valence-corrected chi connectivity index (χ2v) is 4.53. The molecule has 1 N–H and O–H groups in total. The van der Waals surface area contributed by atoms with E-state index in [1.807, 2.05) is 13.8 Å². The average molecular weight is 215 g/mol. The second kappa shape index (κ2) is 5.73. The summed E-state index contributed by atoms with van der Waals surface area (Å²) in [6.07, 6.45) is 0.398. The van der Waals surface area contributed by atoms with Gasteiger partial charge in [-0.25, -0.2) is 4.79 Å². The third kappa shape index (κ3) is 4.32. The lowest BCUT2D eigenvalue weighted by atomic mass is 9.80. The number of nitrogens with one attached hydrogen (secondary N) is 1. The predicted octanol–water partition coefficient (Wildman–Crippen LogP) is 1.98. The van der Waals surface area contributed by atoms with Crippen LogP contribution in [0.25, 0.3) is 0 Å². The number of hydrogen-bond acceptors (Lipinski definition) is 3. The Morgan fingerprint density at radius 3 is 2.33 bits per heavy atom. The van der Waals surface area contributed by atoms with Gasteiger partial charge in [0.1, 0.15) is 6.29 Å². The molecule has 0 aromatic carbocycles. The van der Waals surface area contributed by atoms with Gasteiger partial charge >= 0.3 is 6.09 Å². The van der Waals surface area contributed by atoms with Crippen molar-refractivity contribution < 1.29 is 14.3 Å². The zero-order valence-corrected chi connectivity index (χ0v) is 10.2. The Bertz CT molecular complexity index is 224. The molecule has 0 aliphatic heterocycles. The number of amides is 1. The Balaban J connectivity index is 4.55. The van der Waals surface area contributed by atoms with Crippen LogP contribution in [0.4, 0.5) is 4.79 Å². The number of ether oxygens (including phenoxy) is 1. The average Bonchev–Trinajstić information content (AvgIpc) is 2.14. The van der Waals surface area contributed by atoms with Crippen LogP contribution in [0.2, 0.25) is 0 Å². The molecule has 0 aromatic heterocycles. The van der Waals surface area contributed by atoms with Crippen molar-refractivity contribution in [3.05, 3.63) is 0 Å². The molecule has 0 bridgehead atoms. The van der Waals surface area contributed by atoms with E-state index >= 15 is 0 Å². The molecule has 88 valence electrons. The lowest BCUT2D eigenvalue weighted by Gasteiger charge is -2.32. The Labute approximate surface area is 91.4 Å². The maximum Gasteiger partial charge on any atom is 0.407 e. The lowest BCUT2D eigenvalue weighted by Crippen LogP contribution is -2.49. The van der Waals surface area contributed by atoms with Gasteiger partial charge < -0.3 is 14.8 Å². The topological polar surface area (TPSA) is 55.4 Å². The highest BCUT2D eigenvalue weighted by atomic mass is 16.5. The molecule has 0 fully saturated rings. The van der Waals surface area contributed by atoms with Crippen molar-refractivity contribution in [3.63, 3.8) is 0 Å². The van der Waals surface area contributed by atoms with Gasteiger partial charge in [-0.1, -0.05) is 27.7 Å². The first-order chi connectivity index (χ1) is 6.85. The van der Waals surface area contributed by atoms with E-state index in [1.165, 1.54) is 0 Å². The number of hydrogen-bond donors (Lipinski definition) is 1. The van der Waals surface area contributed by atoms with Gasteiger partial charge in [0.15, 0.2) is 0 Å². The first kappa shape index (κ1) is 13.9. The summed E-state index contributed by atoms with van der Waals surface area (Å²) in [6.45, 7) is 9.60. The number of aldehydes is 1. The van der Waals surface area contributed by atoms with E-state index < -0.39 is 11.5 Å². The first-order valence-electron chi connectivity index (χ1n) is 5.24. The van der Waals surface area contributed by atoms with Gasteiger partial charge in [0.25, 0.3) is 0 Å². The molecular weight excluding hydrogens is 194 g/mol. The van der Waals surface area contributed by atoms with Crippen molar-refractivity contribution in [2.45, 2.75) is 40.7 Å². The minimum atomic E-state index is -0.582. The fourth-order valence-corrected chi connectivity index (χ4v) is 1.58. The summed E-state index contributed by atoms with van der Waals surface area (Å²) in [6, 6.07) is -0.214. The number of alkyl carbamates (subject to hydrolysis) is 1. The van der Waals surface area contributed by atoms with Crippen molar-refractivity contribution in [2.75, 3.05) is 6.61 Å². The molecule has 0 aliphatic rings. The van der Waals surface area contributed by atoms with E-state index in [0.29, 0.717) is 6.61 Å². The molecule has 15 heavy (non-hydrogen) atoms. The van der Waals surface area contributed by atoms with Crippen molar-refractivity contribution >= 4 is 12.4 Å². The molecular formula is C11H21NO3. The van der Waals surface area contributed by atoms with E-state index in [9.17, 15) is 9.59 Å². The molecule has 4 nitrogen and oxygen atoms in total. The minimum Gasteiger partial charge on any atom is -0.450 e. The lowest BCUT2D eigenvalue weighted by molar-refractivity contribution is -0.116. The Morgan fingerprint density at radius 1 is 1.47 bits per heavy atom. The standard InChI is InChI=1S/C11H21NO3/c1-6-15-10(14)12-9(8(2)3)11(4,5)7-13/h7-9H,6H2,1-5H3,(H,12,14). The molecule has 1 amide bonds. The molecule has 0 radical (unpaired) electrons. The summed E-state index contributed by atoms with van der Waals surface area (Å²) in [5.41, 5.74) is -0.582. The molecule has 0 rings (SSSR count). The molecule has 0 spiro atoms. The summed E-state index contributed by atoms with van der Waals surface area (Å²) >= 11 is 0. The van der Waals surface area contributed by atoms with E-state index in [1.54, 1.807) is 20.8 Å². The first-order valence-corrected chi connectivity index (χ1v) is 5.24. The Kier molecular flexibility index (Phi) is 5.33. The summed E-state index contributed by atoms with van der Waals surface area (Å²) in [7, 11) is 0. The van der Waals surface area contributed by atoms with Gasteiger partial charge in [0.05, 0.1) is 6.61 Å². The maximum atomic E-state index is 11.3. The summed E-state index contributed by atoms with van der Waals surface area (Å²) in [4.78, 5) is 22.2. The number of carbonyl (C=O) groups excluding carboxylic acids is 2. The van der Waals surface area contributed by atoms with Gasteiger partial charge in [-0.05, 0) is 12.8 Å². The van der Waals surface area contributed by atoms with Gasteiger partial charge in [0.2, 0.25) is 0 Å². The third-order valence-electron chi connectivity index (χ3n) is 2.32. The molecule has 4 heteroatoms. The smallest absolute Gasteiger partial charge is 0.407 e. The van der Waals surface area contributed by atoms with E-state index in [-0.39, 0.29) is 12.0 Å². The molecule has 1 atom stereocenters. The zero-order valence-electron chi connectivity index (χ0n) is 10.2. The molecule has 0 aliphatic carbocycles. The van der Waals surface area contributed by atoms with Crippen LogP contribution in [0.1, 0.15) is 34.6 Å². The van der Waals surface area contributed by atoms with Crippen LogP contribution in [0.15, 0.2) is 0 Å². The SMILES string of the molecule is CCOC(=O)NC(C(C)C)C(C)(C)C=O. The zero-order chi connectivity index (χ0) is 12.1. The largest absolute Gasteiger partial charge is 0.450 e. The summed E-state index contributed by atoms with van der Waals surface area (Å²) in [5.74, 6) is 0.176. The van der Waals surface area contributed by atoms with Gasteiger partial charge in [-0.3, -0.25) is 0 Å². The van der Waals surface area contributed by atoms with Crippen molar-refractivity contribution in [2.24, 2.45) is 11.3 Å². The van der Waals surface area contributed by atoms with E-state index in [4.69, 9.17) is 4.74 Å². The van der Waals surface area contributed by atoms with Gasteiger partial charge in [-0.2, -0.15) is 0 Å². The fraction of sp³-hybridized carbons (Fsp3) is 0.818. The van der Waals surface area contributed by atoms with E-state index in [2.05, 4.69) is 5.32 Å². The van der Waals surface area contributed by atoms with Crippen LogP contribution in [-0.2, 0) is 9.53 Å². The van der Waals surface area contributed by atoms with Crippen LogP contribution in [0, 0.1) is 11.3 Å². The quantitative estimate of drug-likeness (QED) is 0.713. The van der Waals surface area contributed by atoms with Crippen LogP contribution in [0.5, 0.6) is 0 Å². The molecule has 0 aromatic rings. The monoisotopic (exact) mass is 215 g/mol. The fourth-order valence-electron chi connectivity index (χ4n) is 1.58. The second-order valence-electron chi connectivity index (χ2n) is 4.53. The predicted molar refractivity (Wildman–Crippen MR) is 58.6 cm³/mol. The number of rotatable bonds is 5. The Morgan fingerprint density at radius 2 is 2.00 bits per heavy atom. The van der Waals surface area contributed by atoms with Crippen molar-refractivity contribution in [1.82, 2.24) is 5.32 Å². The van der Waals surface area contributed by atoms with Gasteiger partial charge in [0, 0.05) is 11.5 Å². The Hall–Kier alpha value is -1.06. The van der Waals surface area contributed by atoms with Crippen molar-refractivity contribution in [1.29, 1.82) is 0 Å². The van der Waals surface area contributed by atoms with Crippen LogP contribution in [0.3, 0.4) is 0 Å². The van der Waals surface area contributed by atoms with Crippen LogP contribution in [-0.4, -0.2) is 25.0 Å². The highest BCUT2D eigenvalue weighted by molar-refractivity contribution is 5.69. The molecule has 0 saturated carbocycles. The summed E-state index contributed by atoms with van der Waals surface area (Å²) < 4.78 is 4.80. The third-order valence-corrected chi connectivity index (χ3v) is 2.32. The molecule has 1 unspecified atom stereocenters. The van der Waals surface area contributed by atoms with Gasteiger partial charge in [-0.15, -0.1) is 0 Å². The number of carbonyl (C=O) groups is 2. The maximum absolute atomic E-state index is 11.3. The highest BCUT2D eigenvalue weighted by Crippen LogP contribution is 2.23. The summed E-state index contributed by atoms with van der Waals surface area (Å²) in [5, 5.41) is 2.72. The van der Waals surface area contributed by atoms with Crippen molar-refractivity contribution in [3.8, 4) is 0 Å². The molecule has 0 saturated heterocycles.